The molecule has 1 aliphatic carbocycles. The van der Waals surface area contributed by atoms with E-state index in [4.69, 9.17) is 4.74 Å². The molecule has 3 rings (SSSR count). The predicted octanol–water partition coefficient (Wildman–Crippen LogP) is 2.65. The minimum atomic E-state index is 0.0745. The standard InChI is InChI=1S/C17H30N4O/c1-13-8-14(2)10-15(9-13)4-5-21-6-7-22-16(11-21)17-19-18-12-20(17)3/h12-16H,4-11H2,1-3H3/t13-,14+,15?,16-/m0/s1. The molecule has 1 aliphatic heterocycles. The van der Waals surface area contributed by atoms with Gasteiger partial charge in [0.25, 0.3) is 0 Å². The average Bonchev–Trinajstić information content (AvgIpc) is 2.91. The van der Waals surface area contributed by atoms with Crippen molar-refractivity contribution < 1.29 is 4.74 Å². The third-order valence-corrected chi connectivity index (χ3v) is 5.31. The van der Waals surface area contributed by atoms with Crippen LogP contribution in [-0.2, 0) is 11.8 Å². The molecule has 22 heavy (non-hydrogen) atoms. The van der Waals surface area contributed by atoms with Crippen LogP contribution in [-0.4, -0.2) is 45.9 Å². The Balaban J connectivity index is 1.49. The van der Waals surface area contributed by atoms with Gasteiger partial charge in [0.2, 0.25) is 0 Å². The van der Waals surface area contributed by atoms with Gasteiger partial charge in [-0.05, 0) is 50.0 Å². The summed E-state index contributed by atoms with van der Waals surface area (Å²) in [7, 11) is 1.99. The SMILES string of the molecule is C[C@@H]1CC(CCN2CCO[C@H](c3nncn3C)C2)C[C@H](C)C1. The van der Waals surface area contributed by atoms with Crippen LogP contribution in [0.3, 0.4) is 0 Å². The Bertz CT molecular complexity index is 465. The van der Waals surface area contributed by atoms with Gasteiger partial charge in [0.05, 0.1) is 6.61 Å². The van der Waals surface area contributed by atoms with Crippen molar-refractivity contribution >= 4 is 0 Å². The summed E-state index contributed by atoms with van der Waals surface area (Å²) in [6, 6.07) is 0. The van der Waals surface area contributed by atoms with Gasteiger partial charge in [0, 0.05) is 20.1 Å². The van der Waals surface area contributed by atoms with Crippen LogP contribution in [0.15, 0.2) is 6.33 Å². The molecule has 2 heterocycles. The second-order valence-corrected chi connectivity index (χ2v) is 7.53. The van der Waals surface area contributed by atoms with E-state index >= 15 is 0 Å². The van der Waals surface area contributed by atoms with Crippen molar-refractivity contribution in [2.24, 2.45) is 24.8 Å². The zero-order chi connectivity index (χ0) is 15.5. The van der Waals surface area contributed by atoms with Crippen molar-refractivity contribution in [1.29, 1.82) is 0 Å². The van der Waals surface area contributed by atoms with Crippen molar-refractivity contribution in [1.82, 2.24) is 19.7 Å². The number of hydrogen-bond acceptors (Lipinski definition) is 4. The predicted molar refractivity (Wildman–Crippen MR) is 86.4 cm³/mol. The summed E-state index contributed by atoms with van der Waals surface area (Å²) in [5.41, 5.74) is 0. The molecule has 1 unspecified atom stereocenters. The van der Waals surface area contributed by atoms with E-state index in [-0.39, 0.29) is 6.10 Å². The molecule has 4 atom stereocenters. The summed E-state index contributed by atoms with van der Waals surface area (Å²) < 4.78 is 7.87. The van der Waals surface area contributed by atoms with Crippen molar-refractivity contribution in [2.45, 2.75) is 45.6 Å². The molecule has 5 heteroatoms. The van der Waals surface area contributed by atoms with E-state index in [1.165, 1.54) is 32.2 Å². The van der Waals surface area contributed by atoms with Crippen LogP contribution in [0, 0.1) is 17.8 Å². The summed E-state index contributed by atoms with van der Waals surface area (Å²) in [4.78, 5) is 2.55. The second-order valence-electron chi connectivity index (χ2n) is 7.53. The van der Waals surface area contributed by atoms with Crippen molar-refractivity contribution in [3.63, 3.8) is 0 Å². The molecule has 2 fully saturated rings. The molecule has 1 aromatic heterocycles. The lowest BCUT2D eigenvalue weighted by Gasteiger charge is -2.35. The maximum atomic E-state index is 5.89. The Morgan fingerprint density at radius 2 is 2.00 bits per heavy atom. The van der Waals surface area contributed by atoms with E-state index < -0.39 is 0 Å². The molecule has 124 valence electrons. The molecule has 0 bridgehead atoms. The van der Waals surface area contributed by atoms with Crippen LogP contribution in [0.2, 0.25) is 0 Å². The van der Waals surface area contributed by atoms with Crippen molar-refractivity contribution in [2.75, 3.05) is 26.2 Å². The number of morpholine rings is 1. The first-order valence-corrected chi connectivity index (χ1v) is 8.79. The van der Waals surface area contributed by atoms with E-state index in [0.29, 0.717) is 0 Å². The fourth-order valence-electron chi connectivity index (χ4n) is 4.36. The smallest absolute Gasteiger partial charge is 0.163 e. The molecule has 0 spiro atoms. The van der Waals surface area contributed by atoms with Gasteiger partial charge in [-0.25, -0.2) is 0 Å². The molecule has 2 aliphatic rings. The van der Waals surface area contributed by atoms with Gasteiger partial charge in [0.15, 0.2) is 5.82 Å². The highest BCUT2D eigenvalue weighted by atomic mass is 16.5. The van der Waals surface area contributed by atoms with Crippen LogP contribution >= 0.6 is 0 Å². The highest BCUT2D eigenvalue weighted by Crippen LogP contribution is 2.34. The lowest BCUT2D eigenvalue weighted by Crippen LogP contribution is -2.40. The zero-order valence-electron chi connectivity index (χ0n) is 14.2. The average molecular weight is 306 g/mol. The summed E-state index contributed by atoms with van der Waals surface area (Å²) in [6.07, 6.45) is 7.42. The topological polar surface area (TPSA) is 43.2 Å². The van der Waals surface area contributed by atoms with E-state index in [1.54, 1.807) is 6.33 Å². The summed E-state index contributed by atoms with van der Waals surface area (Å²) in [5.74, 6) is 3.68. The minimum absolute atomic E-state index is 0.0745. The Hall–Kier alpha value is -0.940. The Morgan fingerprint density at radius 3 is 2.68 bits per heavy atom. The summed E-state index contributed by atoms with van der Waals surface area (Å²) >= 11 is 0. The number of rotatable bonds is 4. The number of aryl methyl sites for hydroxylation is 1. The number of ether oxygens (including phenoxy) is 1. The Morgan fingerprint density at radius 1 is 1.23 bits per heavy atom. The second kappa shape index (κ2) is 7.09. The molecule has 5 nitrogen and oxygen atoms in total. The fourth-order valence-corrected chi connectivity index (χ4v) is 4.36. The van der Waals surface area contributed by atoms with Gasteiger partial charge < -0.3 is 9.30 Å². The van der Waals surface area contributed by atoms with Gasteiger partial charge in [-0.15, -0.1) is 10.2 Å². The fraction of sp³-hybridized carbons (Fsp3) is 0.882. The van der Waals surface area contributed by atoms with Gasteiger partial charge in [-0.3, -0.25) is 4.90 Å². The zero-order valence-corrected chi connectivity index (χ0v) is 14.2. The largest absolute Gasteiger partial charge is 0.368 e. The highest BCUT2D eigenvalue weighted by molar-refractivity contribution is 4.94. The summed E-state index contributed by atoms with van der Waals surface area (Å²) in [6.45, 7) is 8.83. The van der Waals surface area contributed by atoms with Gasteiger partial charge >= 0.3 is 0 Å². The molecule has 0 N–H and O–H groups in total. The molecule has 1 aromatic rings. The molecule has 0 aromatic carbocycles. The van der Waals surface area contributed by atoms with E-state index in [0.717, 1.165) is 43.3 Å². The Kier molecular flexibility index (Phi) is 5.14. The lowest BCUT2D eigenvalue weighted by atomic mass is 9.75. The van der Waals surface area contributed by atoms with Crippen LogP contribution in [0.25, 0.3) is 0 Å². The first-order chi connectivity index (χ1) is 10.6. The molecule has 0 radical (unpaired) electrons. The van der Waals surface area contributed by atoms with Gasteiger partial charge in [-0.1, -0.05) is 13.8 Å². The molecule has 1 saturated carbocycles. The molecule has 0 amide bonds. The van der Waals surface area contributed by atoms with Gasteiger partial charge in [-0.2, -0.15) is 0 Å². The van der Waals surface area contributed by atoms with Crippen molar-refractivity contribution in [3.8, 4) is 0 Å². The van der Waals surface area contributed by atoms with Crippen LogP contribution in [0.4, 0.5) is 0 Å². The number of nitrogens with zero attached hydrogens (tertiary/aromatic N) is 4. The highest BCUT2D eigenvalue weighted by Gasteiger charge is 2.27. The first kappa shape index (κ1) is 15.9. The van der Waals surface area contributed by atoms with Crippen LogP contribution in [0.5, 0.6) is 0 Å². The van der Waals surface area contributed by atoms with E-state index in [2.05, 4.69) is 28.9 Å². The van der Waals surface area contributed by atoms with E-state index in [9.17, 15) is 0 Å². The third-order valence-electron chi connectivity index (χ3n) is 5.31. The first-order valence-electron chi connectivity index (χ1n) is 8.79. The lowest BCUT2D eigenvalue weighted by molar-refractivity contribution is -0.0378. The number of aromatic nitrogens is 3. The van der Waals surface area contributed by atoms with E-state index in [1.807, 2.05) is 11.6 Å². The quantitative estimate of drug-likeness (QED) is 0.858. The molecule has 1 saturated heterocycles. The molecular formula is C17H30N4O. The molecular weight excluding hydrogens is 276 g/mol. The maximum absolute atomic E-state index is 5.89. The van der Waals surface area contributed by atoms with Crippen molar-refractivity contribution in [3.05, 3.63) is 12.2 Å². The minimum Gasteiger partial charge on any atom is -0.368 e. The maximum Gasteiger partial charge on any atom is 0.163 e. The van der Waals surface area contributed by atoms with Crippen LogP contribution < -0.4 is 0 Å². The third kappa shape index (κ3) is 3.87. The number of hydrogen-bond donors (Lipinski definition) is 0. The van der Waals surface area contributed by atoms with Gasteiger partial charge in [0.1, 0.15) is 12.4 Å². The van der Waals surface area contributed by atoms with Crippen LogP contribution in [0.1, 0.15) is 51.5 Å². The summed E-state index contributed by atoms with van der Waals surface area (Å²) in [5, 5.41) is 8.18. The normalized spacial score (nSPS) is 34.0. The monoisotopic (exact) mass is 306 g/mol. The Labute approximate surface area is 134 Å².